The number of nitrogens with zero attached hydrogens (tertiary/aromatic N) is 2. The van der Waals surface area contributed by atoms with Crippen molar-refractivity contribution < 1.29 is 4.79 Å². The van der Waals surface area contributed by atoms with Crippen LogP contribution in [0.15, 0.2) is 0 Å². The van der Waals surface area contributed by atoms with Crippen molar-refractivity contribution in [2.45, 2.75) is 53.9 Å². The lowest BCUT2D eigenvalue weighted by atomic mass is 9.72. The summed E-state index contributed by atoms with van der Waals surface area (Å²) in [6.07, 6.45) is 3.08. The summed E-state index contributed by atoms with van der Waals surface area (Å²) in [4.78, 5) is 16.6. The van der Waals surface area contributed by atoms with Crippen molar-refractivity contribution in [2.75, 3.05) is 33.2 Å². The van der Waals surface area contributed by atoms with Gasteiger partial charge in [-0.25, -0.2) is 0 Å². The van der Waals surface area contributed by atoms with Crippen LogP contribution >= 0.6 is 0 Å². The minimum Gasteiger partial charge on any atom is -0.343 e. The third kappa shape index (κ3) is 4.48. The van der Waals surface area contributed by atoms with Crippen molar-refractivity contribution in [1.82, 2.24) is 9.80 Å². The van der Waals surface area contributed by atoms with Crippen LogP contribution in [0.5, 0.6) is 0 Å². The molecule has 0 bridgehead atoms. The summed E-state index contributed by atoms with van der Waals surface area (Å²) in [5.41, 5.74) is 0.663. The van der Waals surface area contributed by atoms with Crippen molar-refractivity contribution in [3.8, 4) is 0 Å². The minimum absolute atomic E-state index is 0.114. The summed E-state index contributed by atoms with van der Waals surface area (Å²) < 4.78 is 0. The summed E-state index contributed by atoms with van der Waals surface area (Å²) >= 11 is 0. The van der Waals surface area contributed by atoms with Gasteiger partial charge in [-0.15, -0.1) is 0 Å². The molecule has 1 spiro atoms. The Bertz CT molecular complexity index is 290. The molecular weight excluding hydrogens is 236 g/mol. The summed E-state index contributed by atoms with van der Waals surface area (Å²) in [6, 6.07) is 0. The number of hydrogen-bond donors (Lipinski definition) is 0. The van der Waals surface area contributed by atoms with Gasteiger partial charge in [-0.3, -0.25) is 4.79 Å². The van der Waals surface area contributed by atoms with Crippen LogP contribution in [0, 0.1) is 10.8 Å². The van der Waals surface area contributed by atoms with Crippen molar-refractivity contribution in [3.05, 3.63) is 0 Å². The molecule has 19 heavy (non-hydrogen) atoms. The molecule has 0 saturated carbocycles. The van der Waals surface area contributed by atoms with Crippen LogP contribution in [0.2, 0.25) is 0 Å². The lowest BCUT2D eigenvalue weighted by Crippen LogP contribution is -2.59. The fourth-order valence-electron chi connectivity index (χ4n) is 3.21. The molecule has 2 saturated heterocycles. The first kappa shape index (κ1) is 16.5. The number of hydrogen-bond acceptors (Lipinski definition) is 2. The molecule has 0 atom stereocenters. The predicted molar refractivity (Wildman–Crippen MR) is 81.2 cm³/mol. The number of amides is 1. The van der Waals surface area contributed by atoms with Crippen molar-refractivity contribution in [1.29, 1.82) is 0 Å². The molecule has 1 amide bonds. The summed E-state index contributed by atoms with van der Waals surface area (Å²) in [5.74, 6) is 0.347. The van der Waals surface area contributed by atoms with Gasteiger partial charge in [0.05, 0.1) is 0 Å². The lowest BCUT2D eigenvalue weighted by Gasteiger charge is -2.53. The number of carbonyl (C=O) groups excluding carboxylic acids is 1. The maximum atomic E-state index is 12.1. The molecule has 0 aromatic heterocycles. The average Bonchev–Trinajstić information content (AvgIpc) is 2.28. The molecule has 2 aliphatic heterocycles. The highest BCUT2D eigenvalue weighted by Gasteiger charge is 2.43. The van der Waals surface area contributed by atoms with E-state index in [1.165, 1.54) is 25.9 Å². The van der Waals surface area contributed by atoms with E-state index in [0.29, 0.717) is 17.7 Å². The Labute approximate surface area is 119 Å². The van der Waals surface area contributed by atoms with E-state index in [1.807, 2.05) is 13.8 Å². The van der Waals surface area contributed by atoms with Crippen molar-refractivity contribution in [3.63, 3.8) is 0 Å². The monoisotopic (exact) mass is 268 g/mol. The van der Waals surface area contributed by atoms with Gasteiger partial charge in [0, 0.05) is 32.6 Å². The van der Waals surface area contributed by atoms with Crippen LogP contribution < -0.4 is 0 Å². The molecule has 0 N–H and O–H groups in total. The van der Waals surface area contributed by atoms with Gasteiger partial charge < -0.3 is 9.80 Å². The van der Waals surface area contributed by atoms with E-state index in [9.17, 15) is 4.79 Å². The molecule has 2 rings (SSSR count). The van der Waals surface area contributed by atoms with Gasteiger partial charge in [0.1, 0.15) is 0 Å². The van der Waals surface area contributed by atoms with Gasteiger partial charge in [-0.05, 0) is 30.7 Å². The average molecular weight is 268 g/mol. The smallest absolute Gasteiger partial charge is 0.223 e. The fraction of sp³-hybridized carbons (Fsp3) is 0.938. The Morgan fingerprint density at radius 1 is 1.11 bits per heavy atom. The molecule has 2 aliphatic rings. The van der Waals surface area contributed by atoms with Crippen molar-refractivity contribution in [2.24, 2.45) is 10.8 Å². The molecule has 0 aliphatic carbocycles. The Morgan fingerprint density at radius 2 is 1.58 bits per heavy atom. The van der Waals surface area contributed by atoms with Gasteiger partial charge in [-0.2, -0.15) is 0 Å². The lowest BCUT2D eigenvalue weighted by molar-refractivity contribution is -0.137. The van der Waals surface area contributed by atoms with E-state index in [2.05, 4.69) is 37.6 Å². The van der Waals surface area contributed by atoms with Crippen LogP contribution in [-0.2, 0) is 4.79 Å². The maximum Gasteiger partial charge on any atom is 0.223 e. The first-order valence-corrected chi connectivity index (χ1v) is 7.76. The number of carbonyl (C=O) groups is 1. The van der Waals surface area contributed by atoms with E-state index in [4.69, 9.17) is 0 Å². The largest absolute Gasteiger partial charge is 0.343 e. The maximum absolute atomic E-state index is 12.1. The van der Waals surface area contributed by atoms with Gasteiger partial charge in [0.15, 0.2) is 0 Å². The molecule has 3 nitrogen and oxygen atoms in total. The van der Waals surface area contributed by atoms with E-state index in [0.717, 1.165) is 13.1 Å². The Kier molecular flexibility index (Phi) is 5.43. The van der Waals surface area contributed by atoms with Crippen molar-refractivity contribution >= 4 is 5.91 Å². The van der Waals surface area contributed by atoms with E-state index in [1.54, 1.807) is 0 Å². The molecule has 0 aromatic rings. The second-order valence-corrected chi connectivity index (χ2v) is 7.29. The normalized spacial score (nSPS) is 22.5. The van der Waals surface area contributed by atoms with Gasteiger partial charge in [0.2, 0.25) is 5.91 Å². The van der Waals surface area contributed by atoms with E-state index in [-0.39, 0.29) is 5.41 Å². The quantitative estimate of drug-likeness (QED) is 0.730. The minimum atomic E-state index is 0.114. The highest BCUT2D eigenvalue weighted by molar-refractivity contribution is 5.76. The Hall–Kier alpha value is -0.570. The van der Waals surface area contributed by atoms with Crippen LogP contribution in [0.3, 0.4) is 0 Å². The molecule has 2 fully saturated rings. The highest BCUT2D eigenvalue weighted by Crippen LogP contribution is 2.39. The highest BCUT2D eigenvalue weighted by atomic mass is 16.2. The van der Waals surface area contributed by atoms with Crippen LogP contribution in [0.25, 0.3) is 0 Å². The molecule has 0 aromatic carbocycles. The molecule has 0 unspecified atom stereocenters. The zero-order valence-corrected chi connectivity index (χ0v) is 13.8. The molecular formula is C16H32N2O. The molecule has 112 valence electrons. The van der Waals surface area contributed by atoms with Crippen LogP contribution in [0.1, 0.15) is 53.9 Å². The second kappa shape index (κ2) is 6.25. The number of piperidine rings is 1. The first-order chi connectivity index (χ1) is 8.80. The van der Waals surface area contributed by atoms with Crippen LogP contribution in [0.4, 0.5) is 0 Å². The summed E-state index contributed by atoms with van der Waals surface area (Å²) in [7, 11) is 2.18. The van der Waals surface area contributed by atoms with Gasteiger partial charge in [-0.1, -0.05) is 34.6 Å². The Balaban J connectivity index is 0.000000861. The van der Waals surface area contributed by atoms with E-state index >= 15 is 0 Å². The standard InChI is InChI=1S/C14H26N2O.C2H6/c1-13(2,3)9-12(17)16-7-5-14(6-8-16)10-15(4)11-14;1-2/h5-11H2,1-4H3;1-2H3. The summed E-state index contributed by atoms with van der Waals surface area (Å²) in [5, 5.41) is 0. The number of likely N-dealkylation sites (tertiary alicyclic amines) is 2. The van der Waals surface area contributed by atoms with Gasteiger partial charge >= 0.3 is 0 Å². The molecule has 2 heterocycles. The fourth-order valence-corrected chi connectivity index (χ4v) is 3.21. The third-order valence-corrected chi connectivity index (χ3v) is 4.07. The zero-order valence-electron chi connectivity index (χ0n) is 13.8. The van der Waals surface area contributed by atoms with Gasteiger partial charge in [0.25, 0.3) is 0 Å². The second-order valence-electron chi connectivity index (χ2n) is 7.29. The van der Waals surface area contributed by atoms with Crippen LogP contribution in [-0.4, -0.2) is 48.9 Å². The Morgan fingerprint density at radius 3 is 1.95 bits per heavy atom. The molecule has 3 heteroatoms. The zero-order chi connectivity index (χ0) is 14.7. The molecule has 0 radical (unpaired) electrons. The SMILES string of the molecule is CC.CN1CC2(CCN(C(=O)CC(C)(C)C)CC2)C1. The third-order valence-electron chi connectivity index (χ3n) is 4.07. The summed E-state index contributed by atoms with van der Waals surface area (Å²) in [6.45, 7) is 14.8. The predicted octanol–water partition coefficient (Wildman–Crippen LogP) is 3.00. The van der Waals surface area contributed by atoms with E-state index < -0.39 is 0 Å². The first-order valence-electron chi connectivity index (χ1n) is 7.76. The topological polar surface area (TPSA) is 23.6 Å². The number of rotatable bonds is 1.